The normalized spacial score (nSPS) is 11.0. The number of aromatic hydroxyl groups is 1. The zero-order valence-corrected chi connectivity index (χ0v) is 15.6. The van der Waals surface area contributed by atoms with Crippen molar-refractivity contribution in [2.45, 2.75) is 25.7 Å². The third-order valence-electron chi connectivity index (χ3n) is 4.19. The van der Waals surface area contributed by atoms with Crippen LogP contribution in [0.25, 0.3) is 21.9 Å². The lowest BCUT2D eigenvalue weighted by atomic mass is 10.1. The van der Waals surface area contributed by atoms with Gasteiger partial charge in [-0.1, -0.05) is 24.4 Å². The van der Waals surface area contributed by atoms with Crippen molar-refractivity contribution in [1.82, 2.24) is 0 Å². The van der Waals surface area contributed by atoms with Crippen molar-refractivity contribution in [3.05, 3.63) is 55.7 Å². The van der Waals surface area contributed by atoms with Crippen molar-refractivity contribution in [1.29, 1.82) is 0 Å². The van der Waals surface area contributed by atoms with Crippen molar-refractivity contribution in [3.8, 4) is 11.5 Å². The van der Waals surface area contributed by atoms with Crippen LogP contribution in [0.3, 0.4) is 0 Å². The second-order valence-corrected chi connectivity index (χ2v) is 6.64. The highest BCUT2D eigenvalue weighted by atomic mass is 35.5. The molecule has 0 atom stereocenters. The molecule has 9 heteroatoms. The fraction of sp³-hybridized carbons (Fsp3) is 0.316. The maximum Gasteiger partial charge on any atom is 0.294 e. The highest BCUT2D eigenvalue weighted by Crippen LogP contribution is 2.31. The summed E-state index contributed by atoms with van der Waals surface area (Å²) in [4.78, 5) is 26.9. The van der Waals surface area contributed by atoms with Gasteiger partial charge in [0.25, 0.3) is 5.09 Å². The maximum absolute atomic E-state index is 12.6. The van der Waals surface area contributed by atoms with E-state index >= 15 is 0 Å². The number of unbranched alkanes of at least 4 members (excludes halogenated alkanes) is 3. The van der Waals surface area contributed by atoms with E-state index in [9.17, 15) is 20.0 Å². The van der Waals surface area contributed by atoms with Crippen molar-refractivity contribution >= 4 is 33.5 Å². The minimum Gasteiger partial charge on any atom is -0.507 e. The number of nitrogens with zero attached hydrogens (tertiary/aromatic N) is 1. The Morgan fingerprint density at radius 1 is 1.07 bits per heavy atom. The standard InChI is InChI=1S/C19H18ClNO7/c20-12-5-6-16-14(9-12)19(23)18-15(22)10-13(11-17(18)28-16)26-7-3-1-2-4-8-27-21(24)25/h5-6,9-11,22H,1-4,7-8H2. The van der Waals surface area contributed by atoms with Crippen molar-refractivity contribution in [2.24, 2.45) is 0 Å². The van der Waals surface area contributed by atoms with Crippen LogP contribution < -0.4 is 10.2 Å². The highest BCUT2D eigenvalue weighted by Gasteiger charge is 2.14. The molecule has 0 fully saturated rings. The fourth-order valence-electron chi connectivity index (χ4n) is 2.88. The first-order chi connectivity index (χ1) is 13.5. The third-order valence-corrected chi connectivity index (χ3v) is 4.43. The maximum atomic E-state index is 12.6. The first-order valence-corrected chi connectivity index (χ1v) is 9.12. The summed E-state index contributed by atoms with van der Waals surface area (Å²) in [5.74, 6) is 0.165. The van der Waals surface area contributed by atoms with Crippen LogP contribution in [0.1, 0.15) is 25.7 Å². The topological polar surface area (TPSA) is 112 Å². The van der Waals surface area contributed by atoms with E-state index in [4.69, 9.17) is 20.8 Å². The van der Waals surface area contributed by atoms with Gasteiger partial charge in [0.2, 0.25) is 5.43 Å². The molecule has 1 heterocycles. The van der Waals surface area contributed by atoms with Crippen LogP contribution in [0.5, 0.6) is 11.5 Å². The molecule has 3 aromatic rings. The fourth-order valence-corrected chi connectivity index (χ4v) is 3.05. The van der Waals surface area contributed by atoms with Gasteiger partial charge in [-0.05, 0) is 31.0 Å². The number of hydrogen-bond acceptors (Lipinski definition) is 7. The molecule has 0 aliphatic rings. The van der Waals surface area contributed by atoms with Crippen LogP contribution in [0.15, 0.2) is 39.5 Å². The van der Waals surface area contributed by atoms with Gasteiger partial charge in [0.05, 0.1) is 18.6 Å². The van der Waals surface area contributed by atoms with E-state index in [0.717, 1.165) is 19.3 Å². The summed E-state index contributed by atoms with van der Waals surface area (Å²) >= 11 is 5.93. The van der Waals surface area contributed by atoms with E-state index in [2.05, 4.69) is 4.84 Å². The quantitative estimate of drug-likeness (QED) is 0.241. The molecule has 148 valence electrons. The van der Waals surface area contributed by atoms with Crippen molar-refractivity contribution in [3.63, 3.8) is 0 Å². The average Bonchev–Trinajstić information content (AvgIpc) is 2.64. The van der Waals surface area contributed by atoms with Crippen molar-refractivity contribution < 1.29 is 24.2 Å². The van der Waals surface area contributed by atoms with Gasteiger partial charge in [0.15, 0.2) is 0 Å². The van der Waals surface area contributed by atoms with E-state index in [1.165, 1.54) is 12.1 Å². The number of phenolic OH excluding ortho intramolecular Hbond substituents is 1. The van der Waals surface area contributed by atoms with E-state index in [1.807, 2.05) is 0 Å². The summed E-state index contributed by atoms with van der Waals surface area (Å²) in [6.07, 6.45) is 2.93. The van der Waals surface area contributed by atoms with Crippen LogP contribution in [-0.4, -0.2) is 23.4 Å². The Kier molecular flexibility index (Phi) is 6.20. The second kappa shape index (κ2) is 8.79. The van der Waals surface area contributed by atoms with Gasteiger partial charge in [-0.15, -0.1) is 10.1 Å². The molecule has 0 amide bonds. The molecule has 0 saturated heterocycles. The average molecular weight is 408 g/mol. The zero-order valence-electron chi connectivity index (χ0n) is 14.9. The number of benzene rings is 2. The van der Waals surface area contributed by atoms with Crippen LogP contribution in [-0.2, 0) is 4.84 Å². The minimum absolute atomic E-state index is 0.0768. The highest BCUT2D eigenvalue weighted by molar-refractivity contribution is 6.31. The number of fused-ring (bicyclic) bond motifs is 2. The summed E-state index contributed by atoms with van der Waals surface area (Å²) in [7, 11) is 0. The van der Waals surface area contributed by atoms with Gasteiger partial charge in [-0.2, -0.15) is 0 Å². The number of ether oxygens (including phenoxy) is 1. The summed E-state index contributed by atoms with van der Waals surface area (Å²) < 4.78 is 11.4. The largest absolute Gasteiger partial charge is 0.507 e. The van der Waals surface area contributed by atoms with Gasteiger partial charge in [-0.25, -0.2) is 0 Å². The monoisotopic (exact) mass is 407 g/mol. The summed E-state index contributed by atoms with van der Waals surface area (Å²) in [5.41, 5.74) is 0.238. The zero-order chi connectivity index (χ0) is 20.1. The van der Waals surface area contributed by atoms with Crippen LogP contribution >= 0.6 is 11.6 Å². The Morgan fingerprint density at radius 2 is 1.82 bits per heavy atom. The van der Waals surface area contributed by atoms with Crippen LogP contribution in [0, 0.1) is 10.1 Å². The van der Waals surface area contributed by atoms with Gasteiger partial charge in [0.1, 0.15) is 28.1 Å². The molecule has 28 heavy (non-hydrogen) atoms. The molecule has 0 saturated carbocycles. The Bertz CT molecular complexity index is 1060. The molecule has 0 unspecified atom stereocenters. The molecule has 0 aliphatic carbocycles. The molecule has 0 aliphatic heterocycles. The third kappa shape index (κ3) is 4.64. The molecule has 1 aromatic heterocycles. The van der Waals surface area contributed by atoms with Gasteiger partial charge < -0.3 is 19.1 Å². The Labute approximate surface area is 164 Å². The first kappa shape index (κ1) is 19.8. The summed E-state index contributed by atoms with van der Waals surface area (Å²) in [5, 5.41) is 20.3. The lowest BCUT2D eigenvalue weighted by Crippen LogP contribution is -2.04. The van der Waals surface area contributed by atoms with Gasteiger partial charge >= 0.3 is 0 Å². The molecule has 3 rings (SSSR count). The molecule has 2 aromatic carbocycles. The smallest absolute Gasteiger partial charge is 0.294 e. The molecule has 1 N–H and O–H groups in total. The number of phenols is 1. The number of hydrogen-bond donors (Lipinski definition) is 1. The number of halogens is 1. The molecular weight excluding hydrogens is 390 g/mol. The molecule has 0 spiro atoms. The van der Waals surface area contributed by atoms with Crippen molar-refractivity contribution in [2.75, 3.05) is 13.2 Å². The van der Waals surface area contributed by atoms with Crippen LogP contribution in [0.2, 0.25) is 5.02 Å². The Morgan fingerprint density at radius 3 is 2.57 bits per heavy atom. The van der Waals surface area contributed by atoms with E-state index in [1.54, 1.807) is 18.2 Å². The predicted octanol–water partition coefficient (Wildman–Crippen LogP) is 4.45. The van der Waals surface area contributed by atoms with E-state index in [0.29, 0.717) is 34.8 Å². The van der Waals surface area contributed by atoms with E-state index in [-0.39, 0.29) is 28.8 Å². The molecule has 0 bridgehead atoms. The molecule has 0 radical (unpaired) electrons. The SMILES string of the molecule is O=c1c2cc(Cl)ccc2oc2cc(OCCCCCCO[N+](=O)[O-])cc(O)c12. The minimum atomic E-state index is -0.800. The predicted molar refractivity (Wildman–Crippen MR) is 104 cm³/mol. The summed E-state index contributed by atoms with van der Waals surface area (Å²) in [6.45, 7) is 0.485. The molecular formula is C19H18ClNO7. The lowest BCUT2D eigenvalue weighted by molar-refractivity contribution is -0.757. The molecule has 8 nitrogen and oxygen atoms in total. The summed E-state index contributed by atoms with van der Waals surface area (Å²) in [6, 6.07) is 7.67. The lowest BCUT2D eigenvalue weighted by Gasteiger charge is -2.09. The Balaban J connectivity index is 1.65. The van der Waals surface area contributed by atoms with Crippen LogP contribution in [0.4, 0.5) is 0 Å². The van der Waals surface area contributed by atoms with Gasteiger partial charge in [-0.3, -0.25) is 4.79 Å². The van der Waals surface area contributed by atoms with E-state index < -0.39 is 5.09 Å². The number of rotatable bonds is 9. The second-order valence-electron chi connectivity index (χ2n) is 6.21. The Hall–Kier alpha value is -3.00. The van der Waals surface area contributed by atoms with Gasteiger partial charge in [0, 0.05) is 17.2 Å². The first-order valence-electron chi connectivity index (χ1n) is 8.75.